The highest BCUT2D eigenvalue weighted by atomic mass is 32.1. The van der Waals surface area contributed by atoms with Gasteiger partial charge in [0.2, 0.25) is 0 Å². The average molecular weight is 393 g/mol. The molecule has 6 nitrogen and oxygen atoms in total. The summed E-state index contributed by atoms with van der Waals surface area (Å²) < 4.78 is 5.61. The molecule has 0 amide bonds. The summed E-state index contributed by atoms with van der Waals surface area (Å²) in [6.45, 7) is 9.22. The smallest absolute Gasteiger partial charge is 0.347 e. The molecule has 0 saturated heterocycles. The second-order valence-electron chi connectivity index (χ2n) is 6.46. The number of nitrogens with two attached hydrogens (primary N) is 1. The SMILES string of the molecule is CCCCN.Cc1nc(-c2ccc(OCC(C)C)c(C=O)c2)sc1C(=O)O. The molecule has 0 saturated carbocycles. The van der Waals surface area contributed by atoms with Gasteiger partial charge in [0.1, 0.15) is 15.6 Å². The molecule has 0 aliphatic heterocycles. The molecule has 0 bridgehead atoms. The molecule has 2 rings (SSSR count). The molecule has 148 valence electrons. The van der Waals surface area contributed by atoms with Gasteiger partial charge in [-0.05, 0) is 44.0 Å². The molecule has 27 heavy (non-hydrogen) atoms. The van der Waals surface area contributed by atoms with Gasteiger partial charge >= 0.3 is 5.97 Å². The Morgan fingerprint density at radius 3 is 2.56 bits per heavy atom. The minimum Gasteiger partial charge on any atom is -0.493 e. The molecule has 0 aliphatic rings. The van der Waals surface area contributed by atoms with Crippen molar-refractivity contribution in [1.82, 2.24) is 4.98 Å². The van der Waals surface area contributed by atoms with E-state index in [0.717, 1.165) is 24.2 Å². The van der Waals surface area contributed by atoms with Crippen LogP contribution in [0, 0.1) is 12.8 Å². The molecule has 0 unspecified atom stereocenters. The maximum absolute atomic E-state index is 11.2. The monoisotopic (exact) mass is 392 g/mol. The number of aryl methyl sites for hydroxylation is 1. The molecular formula is C20H28N2O4S. The van der Waals surface area contributed by atoms with E-state index in [0.29, 0.717) is 40.1 Å². The molecular weight excluding hydrogens is 364 g/mol. The number of carboxylic acid groups (broad SMARTS) is 1. The van der Waals surface area contributed by atoms with Crippen LogP contribution in [-0.2, 0) is 0 Å². The van der Waals surface area contributed by atoms with E-state index in [1.807, 2.05) is 13.8 Å². The van der Waals surface area contributed by atoms with Crippen LogP contribution in [0.2, 0.25) is 0 Å². The van der Waals surface area contributed by atoms with Crippen molar-refractivity contribution >= 4 is 23.6 Å². The number of carbonyl (C=O) groups excluding carboxylic acids is 1. The lowest BCUT2D eigenvalue weighted by atomic mass is 10.1. The number of rotatable bonds is 8. The van der Waals surface area contributed by atoms with Crippen LogP contribution in [0.4, 0.5) is 0 Å². The highest BCUT2D eigenvalue weighted by Gasteiger charge is 2.16. The largest absolute Gasteiger partial charge is 0.493 e. The molecule has 0 aliphatic carbocycles. The second kappa shape index (κ2) is 11.5. The summed E-state index contributed by atoms with van der Waals surface area (Å²) >= 11 is 1.10. The van der Waals surface area contributed by atoms with Gasteiger partial charge in [0.15, 0.2) is 6.29 Å². The van der Waals surface area contributed by atoms with Crippen LogP contribution in [0.15, 0.2) is 18.2 Å². The highest BCUT2D eigenvalue weighted by Crippen LogP contribution is 2.31. The first-order chi connectivity index (χ1) is 12.8. The minimum atomic E-state index is -0.992. The standard InChI is InChI=1S/C16H17NO4S.C4H11N/c1-9(2)8-21-13-5-4-11(6-12(13)7-18)15-17-10(3)14(22-15)16(19)20;1-2-3-4-5/h4-7,9H,8H2,1-3H3,(H,19,20);2-5H2,1H3. The number of aromatic nitrogens is 1. The lowest BCUT2D eigenvalue weighted by Crippen LogP contribution is -2.06. The highest BCUT2D eigenvalue weighted by molar-refractivity contribution is 7.17. The summed E-state index contributed by atoms with van der Waals surface area (Å²) in [4.78, 5) is 26.8. The van der Waals surface area contributed by atoms with Crippen LogP contribution in [0.5, 0.6) is 5.75 Å². The zero-order valence-corrected chi connectivity index (χ0v) is 17.1. The number of carboxylic acids is 1. The van der Waals surface area contributed by atoms with E-state index in [4.69, 9.17) is 15.6 Å². The van der Waals surface area contributed by atoms with Gasteiger partial charge in [-0.1, -0.05) is 27.2 Å². The van der Waals surface area contributed by atoms with Crippen molar-refractivity contribution < 1.29 is 19.4 Å². The molecule has 3 N–H and O–H groups in total. The van der Waals surface area contributed by atoms with Gasteiger partial charge in [-0.15, -0.1) is 11.3 Å². The first-order valence-electron chi connectivity index (χ1n) is 8.97. The van der Waals surface area contributed by atoms with E-state index in [-0.39, 0.29) is 4.88 Å². The Kier molecular flexibility index (Phi) is 9.67. The molecule has 0 radical (unpaired) electrons. The molecule has 7 heteroatoms. The molecule has 1 aromatic carbocycles. The molecule has 2 aromatic rings. The molecule has 1 aromatic heterocycles. The molecule has 0 atom stereocenters. The van der Waals surface area contributed by atoms with E-state index in [1.165, 1.54) is 12.8 Å². The number of benzene rings is 1. The lowest BCUT2D eigenvalue weighted by Gasteiger charge is -2.11. The molecule has 0 spiro atoms. The first-order valence-corrected chi connectivity index (χ1v) is 9.78. The fourth-order valence-corrected chi connectivity index (χ4v) is 2.99. The van der Waals surface area contributed by atoms with Crippen LogP contribution in [0.3, 0.4) is 0 Å². The van der Waals surface area contributed by atoms with Crippen molar-refractivity contribution in [2.45, 2.75) is 40.5 Å². The fraction of sp³-hybridized carbons (Fsp3) is 0.450. The number of carbonyl (C=O) groups is 2. The summed E-state index contributed by atoms with van der Waals surface area (Å²) in [5.41, 5.74) is 6.75. The summed E-state index contributed by atoms with van der Waals surface area (Å²) in [5.74, 6) is -0.105. The number of hydrogen-bond donors (Lipinski definition) is 2. The lowest BCUT2D eigenvalue weighted by molar-refractivity contribution is 0.0701. The predicted octanol–water partition coefficient (Wildman–Crippen LogP) is 4.41. The average Bonchev–Trinajstić information content (AvgIpc) is 3.03. The van der Waals surface area contributed by atoms with Crippen LogP contribution < -0.4 is 10.5 Å². The first kappa shape index (κ1) is 22.8. The molecule has 1 heterocycles. The maximum atomic E-state index is 11.2. The van der Waals surface area contributed by atoms with Gasteiger partial charge < -0.3 is 15.6 Å². The van der Waals surface area contributed by atoms with Gasteiger partial charge in [-0.2, -0.15) is 0 Å². The summed E-state index contributed by atoms with van der Waals surface area (Å²) in [6, 6.07) is 5.18. The third-order valence-electron chi connectivity index (χ3n) is 3.50. The third kappa shape index (κ3) is 7.11. The summed E-state index contributed by atoms with van der Waals surface area (Å²) in [7, 11) is 0. The van der Waals surface area contributed by atoms with E-state index in [2.05, 4.69) is 11.9 Å². The van der Waals surface area contributed by atoms with Crippen LogP contribution in [0.1, 0.15) is 59.3 Å². The third-order valence-corrected chi connectivity index (χ3v) is 4.70. The Morgan fingerprint density at radius 1 is 1.41 bits per heavy atom. The zero-order chi connectivity index (χ0) is 20.4. The number of unbranched alkanes of at least 4 members (excludes halogenated alkanes) is 1. The maximum Gasteiger partial charge on any atom is 0.347 e. The number of thiazole rings is 1. The van der Waals surface area contributed by atoms with Crippen LogP contribution in [-0.4, -0.2) is 35.5 Å². The Balaban J connectivity index is 0.000000646. The predicted molar refractivity (Wildman–Crippen MR) is 109 cm³/mol. The van der Waals surface area contributed by atoms with Crippen molar-refractivity contribution in [3.05, 3.63) is 34.3 Å². The Morgan fingerprint density at radius 2 is 2.11 bits per heavy atom. The Hall–Kier alpha value is -2.25. The second-order valence-corrected chi connectivity index (χ2v) is 7.46. The zero-order valence-electron chi connectivity index (χ0n) is 16.3. The Labute approximate surface area is 164 Å². The van der Waals surface area contributed by atoms with Crippen molar-refractivity contribution in [2.24, 2.45) is 11.7 Å². The van der Waals surface area contributed by atoms with Gasteiger partial charge in [0, 0.05) is 5.56 Å². The summed E-state index contributed by atoms with van der Waals surface area (Å²) in [6.07, 6.45) is 3.12. The summed E-state index contributed by atoms with van der Waals surface area (Å²) in [5, 5.41) is 9.66. The quantitative estimate of drug-likeness (QED) is 0.645. The number of ether oxygens (including phenoxy) is 1. The van der Waals surface area contributed by atoms with Crippen LogP contribution >= 0.6 is 11.3 Å². The van der Waals surface area contributed by atoms with Crippen molar-refractivity contribution in [3.8, 4) is 16.3 Å². The fourth-order valence-electron chi connectivity index (χ4n) is 2.08. The van der Waals surface area contributed by atoms with E-state index >= 15 is 0 Å². The number of aromatic carboxylic acids is 1. The van der Waals surface area contributed by atoms with E-state index in [1.54, 1.807) is 25.1 Å². The van der Waals surface area contributed by atoms with Gasteiger partial charge in [0.25, 0.3) is 0 Å². The number of hydrogen-bond acceptors (Lipinski definition) is 6. The number of aldehydes is 1. The van der Waals surface area contributed by atoms with Crippen molar-refractivity contribution in [1.29, 1.82) is 0 Å². The minimum absolute atomic E-state index is 0.211. The van der Waals surface area contributed by atoms with Gasteiger partial charge in [-0.3, -0.25) is 4.79 Å². The van der Waals surface area contributed by atoms with E-state index < -0.39 is 5.97 Å². The van der Waals surface area contributed by atoms with Gasteiger partial charge in [-0.25, -0.2) is 9.78 Å². The van der Waals surface area contributed by atoms with Crippen molar-refractivity contribution in [2.75, 3.05) is 13.2 Å². The van der Waals surface area contributed by atoms with E-state index in [9.17, 15) is 9.59 Å². The van der Waals surface area contributed by atoms with Crippen molar-refractivity contribution in [3.63, 3.8) is 0 Å². The molecule has 0 fully saturated rings. The number of nitrogens with zero attached hydrogens (tertiary/aromatic N) is 1. The van der Waals surface area contributed by atoms with Gasteiger partial charge in [0.05, 0.1) is 17.9 Å². The topological polar surface area (TPSA) is 103 Å². The Bertz CT molecular complexity index is 754. The normalized spacial score (nSPS) is 10.3. The van der Waals surface area contributed by atoms with Crippen LogP contribution in [0.25, 0.3) is 10.6 Å².